The number of halogens is 1. The van der Waals surface area contributed by atoms with E-state index in [-0.39, 0.29) is 34.0 Å². The van der Waals surface area contributed by atoms with Crippen molar-refractivity contribution in [2.24, 2.45) is 0 Å². The van der Waals surface area contributed by atoms with E-state index in [9.17, 15) is 24.6 Å². The highest BCUT2D eigenvalue weighted by Crippen LogP contribution is 2.43. The van der Waals surface area contributed by atoms with Gasteiger partial charge in [0.1, 0.15) is 11.5 Å². The number of ether oxygens (including phenoxy) is 1. The molecule has 1 amide bonds. The van der Waals surface area contributed by atoms with Crippen LogP contribution in [0.5, 0.6) is 5.75 Å². The summed E-state index contributed by atoms with van der Waals surface area (Å²) in [6.07, 6.45) is 0. The second-order valence-corrected chi connectivity index (χ2v) is 9.65. The first-order chi connectivity index (χ1) is 18.0. The third kappa shape index (κ3) is 4.95. The molecule has 3 aromatic carbocycles. The predicted molar refractivity (Wildman–Crippen MR) is 145 cm³/mol. The number of Topliss-reactive ketones (excluding diaryl/α,β-unsaturated/α-hetero) is 1. The Hall–Kier alpha value is -4.30. The number of carbonyl (C=O) groups excluding carboxylic acids is 2. The molecule has 1 atom stereocenters. The molecule has 4 rings (SSSR count). The van der Waals surface area contributed by atoms with Crippen LogP contribution in [0.1, 0.15) is 38.7 Å². The average Bonchev–Trinajstić information content (AvgIpc) is 3.13. The van der Waals surface area contributed by atoms with E-state index in [1.54, 1.807) is 43.3 Å². The van der Waals surface area contributed by atoms with Crippen molar-refractivity contribution in [1.82, 2.24) is 4.90 Å². The number of hydrogen-bond donors (Lipinski definition) is 2. The van der Waals surface area contributed by atoms with E-state index in [0.29, 0.717) is 11.1 Å². The largest absolute Gasteiger partial charge is 0.507 e. The summed E-state index contributed by atoms with van der Waals surface area (Å²) >= 11 is 6.35. The lowest BCUT2D eigenvalue weighted by Gasteiger charge is -2.26. The molecule has 196 valence electrons. The average molecular weight is 535 g/mol. The summed E-state index contributed by atoms with van der Waals surface area (Å²) in [4.78, 5) is 41.3. The number of benzene rings is 3. The molecular formula is C29H27ClN2O6. The maximum Gasteiger partial charge on any atom is 0.335 e. The van der Waals surface area contributed by atoms with E-state index in [2.05, 4.69) is 0 Å². The van der Waals surface area contributed by atoms with Gasteiger partial charge < -0.3 is 24.7 Å². The lowest BCUT2D eigenvalue weighted by molar-refractivity contribution is -0.140. The van der Waals surface area contributed by atoms with Gasteiger partial charge in [0.2, 0.25) is 0 Å². The zero-order valence-electron chi connectivity index (χ0n) is 21.4. The van der Waals surface area contributed by atoms with Gasteiger partial charge in [0, 0.05) is 26.3 Å². The summed E-state index contributed by atoms with van der Waals surface area (Å²) in [5.41, 5.74) is 3.12. The molecule has 0 saturated carbocycles. The van der Waals surface area contributed by atoms with Crippen LogP contribution in [0.25, 0.3) is 5.76 Å². The molecule has 1 aliphatic rings. The number of nitrogens with zero attached hydrogens (tertiary/aromatic N) is 2. The second kappa shape index (κ2) is 10.6. The number of aliphatic hydroxyl groups excluding tert-OH is 1. The van der Waals surface area contributed by atoms with Crippen LogP contribution in [0.3, 0.4) is 0 Å². The Morgan fingerprint density at radius 3 is 2.21 bits per heavy atom. The minimum absolute atomic E-state index is 0.0209. The molecule has 0 aromatic heterocycles. The van der Waals surface area contributed by atoms with Gasteiger partial charge in [-0.2, -0.15) is 0 Å². The zero-order chi connectivity index (χ0) is 27.7. The first-order valence-corrected chi connectivity index (χ1v) is 12.1. The van der Waals surface area contributed by atoms with Gasteiger partial charge in [0.05, 0.1) is 34.9 Å². The Kier molecular flexibility index (Phi) is 7.46. The fourth-order valence-electron chi connectivity index (χ4n) is 4.55. The van der Waals surface area contributed by atoms with Gasteiger partial charge in [-0.25, -0.2) is 4.79 Å². The molecule has 8 nitrogen and oxygen atoms in total. The third-order valence-corrected chi connectivity index (χ3v) is 6.75. The number of hydrogen-bond acceptors (Lipinski definition) is 6. The van der Waals surface area contributed by atoms with Gasteiger partial charge in [-0.15, -0.1) is 0 Å². The van der Waals surface area contributed by atoms with Crippen LogP contribution < -0.4 is 9.64 Å². The maximum atomic E-state index is 13.4. The number of anilines is 1. The Balaban J connectivity index is 1.89. The Labute approximate surface area is 225 Å². The predicted octanol–water partition coefficient (Wildman–Crippen LogP) is 5.04. The van der Waals surface area contributed by atoms with E-state index in [0.717, 1.165) is 11.3 Å². The van der Waals surface area contributed by atoms with Crippen molar-refractivity contribution in [3.63, 3.8) is 0 Å². The van der Waals surface area contributed by atoms with Crippen molar-refractivity contribution in [2.45, 2.75) is 19.5 Å². The molecular weight excluding hydrogens is 508 g/mol. The molecule has 3 aromatic rings. The molecule has 1 fully saturated rings. The molecule has 1 heterocycles. The normalized spacial score (nSPS) is 16.6. The number of carbonyl (C=O) groups is 3. The number of aromatic carboxylic acids is 1. The Morgan fingerprint density at radius 1 is 1.03 bits per heavy atom. The standard InChI is InChI=1S/C29H27ClN2O6/c1-16-13-21(27(38-4)22(30)14-16)25(33)23-24(18-9-11-20(12-10-18)31(2)3)32(28(35)26(23)34)15-17-5-7-19(8-6-17)29(36)37/h5-14,24,33H,15H2,1-4H3,(H,36,37)/b25-23+. The fourth-order valence-corrected chi connectivity index (χ4v) is 4.90. The van der Waals surface area contributed by atoms with E-state index < -0.39 is 29.5 Å². The summed E-state index contributed by atoms with van der Waals surface area (Å²) < 4.78 is 5.42. The molecule has 1 saturated heterocycles. The molecule has 1 unspecified atom stereocenters. The minimum Gasteiger partial charge on any atom is -0.507 e. The highest BCUT2D eigenvalue weighted by molar-refractivity contribution is 6.46. The molecule has 9 heteroatoms. The smallest absolute Gasteiger partial charge is 0.335 e. The van der Waals surface area contributed by atoms with Crippen LogP contribution >= 0.6 is 11.6 Å². The quantitative estimate of drug-likeness (QED) is 0.248. The summed E-state index contributed by atoms with van der Waals surface area (Å²) in [6.45, 7) is 1.81. The number of aryl methyl sites for hydroxylation is 1. The number of aliphatic hydroxyl groups is 1. The summed E-state index contributed by atoms with van der Waals surface area (Å²) in [7, 11) is 5.20. The Bertz CT molecular complexity index is 1450. The van der Waals surface area contributed by atoms with Crippen molar-refractivity contribution in [3.05, 3.63) is 99.1 Å². The molecule has 2 N–H and O–H groups in total. The number of methoxy groups -OCH3 is 1. The van der Waals surface area contributed by atoms with E-state index in [4.69, 9.17) is 16.3 Å². The van der Waals surface area contributed by atoms with Crippen LogP contribution in [-0.4, -0.2) is 54.0 Å². The molecule has 0 radical (unpaired) electrons. The lowest BCUT2D eigenvalue weighted by Crippen LogP contribution is -2.29. The zero-order valence-corrected chi connectivity index (χ0v) is 22.1. The molecule has 0 bridgehead atoms. The van der Waals surface area contributed by atoms with Gasteiger partial charge in [-0.1, -0.05) is 35.9 Å². The maximum absolute atomic E-state index is 13.4. The molecule has 1 aliphatic heterocycles. The van der Waals surface area contributed by atoms with E-state index >= 15 is 0 Å². The number of rotatable bonds is 7. The van der Waals surface area contributed by atoms with Gasteiger partial charge >= 0.3 is 5.97 Å². The first-order valence-electron chi connectivity index (χ1n) is 11.8. The number of ketones is 1. The number of carboxylic acid groups (broad SMARTS) is 1. The highest BCUT2D eigenvalue weighted by Gasteiger charge is 2.46. The summed E-state index contributed by atoms with van der Waals surface area (Å²) in [5.74, 6) is -2.90. The van der Waals surface area contributed by atoms with Crippen molar-refractivity contribution < 1.29 is 29.3 Å². The number of carboxylic acids is 1. The van der Waals surface area contributed by atoms with E-state index in [1.807, 2.05) is 31.1 Å². The second-order valence-electron chi connectivity index (χ2n) is 9.24. The number of amides is 1. The highest BCUT2D eigenvalue weighted by atomic mass is 35.5. The third-order valence-electron chi connectivity index (χ3n) is 6.47. The van der Waals surface area contributed by atoms with Crippen LogP contribution in [0.4, 0.5) is 5.69 Å². The van der Waals surface area contributed by atoms with Crippen LogP contribution in [-0.2, 0) is 16.1 Å². The summed E-state index contributed by atoms with van der Waals surface area (Å²) in [6, 6.07) is 15.8. The Morgan fingerprint density at radius 2 is 1.66 bits per heavy atom. The molecule has 0 aliphatic carbocycles. The monoisotopic (exact) mass is 534 g/mol. The van der Waals surface area contributed by atoms with Crippen molar-refractivity contribution >= 4 is 40.7 Å². The van der Waals surface area contributed by atoms with Crippen molar-refractivity contribution in [2.75, 3.05) is 26.1 Å². The SMILES string of the molecule is COc1c(Cl)cc(C)cc1/C(O)=C1\C(=O)C(=O)N(Cc2ccc(C(=O)O)cc2)C1c1ccc(N(C)C)cc1. The fraction of sp³-hybridized carbons (Fsp3) is 0.207. The van der Waals surface area contributed by atoms with Gasteiger partial charge in [-0.05, 0) is 60.0 Å². The van der Waals surface area contributed by atoms with Crippen LogP contribution in [0.15, 0.2) is 66.2 Å². The van der Waals surface area contributed by atoms with Gasteiger partial charge in [-0.3, -0.25) is 9.59 Å². The van der Waals surface area contributed by atoms with Gasteiger partial charge in [0.25, 0.3) is 11.7 Å². The summed E-state index contributed by atoms with van der Waals surface area (Å²) in [5, 5.41) is 21.0. The van der Waals surface area contributed by atoms with Crippen molar-refractivity contribution in [1.29, 1.82) is 0 Å². The number of likely N-dealkylation sites (tertiary alicyclic amines) is 1. The van der Waals surface area contributed by atoms with Crippen LogP contribution in [0, 0.1) is 6.92 Å². The topological polar surface area (TPSA) is 107 Å². The van der Waals surface area contributed by atoms with Gasteiger partial charge in [0.15, 0.2) is 0 Å². The van der Waals surface area contributed by atoms with Crippen LogP contribution in [0.2, 0.25) is 5.02 Å². The lowest BCUT2D eigenvalue weighted by atomic mass is 9.94. The first kappa shape index (κ1) is 26.8. The molecule has 0 spiro atoms. The molecule has 38 heavy (non-hydrogen) atoms. The van der Waals surface area contributed by atoms with E-state index in [1.165, 1.54) is 24.1 Å². The minimum atomic E-state index is -1.07. The van der Waals surface area contributed by atoms with Crippen molar-refractivity contribution in [3.8, 4) is 5.75 Å².